The van der Waals surface area contributed by atoms with E-state index < -0.39 is 6.04 Å². The zero-order chi connectivity index (χ0) is 25.4. The van der Waals surface area contributed by atoms with Gasteiger partial charge in [-0.25, -0.2) is 5.84 Å². The van der Waals surface area contributed by atoms with E-state index >= 15 is 0 Å². The molecule has 8 heteroatoms. The molecule has 0 saturated heterocycles. The molecule has 0 saturated carbocycles. The van der Waals surface area contributed by atoms with Gasteiger partial charge in [-0.2, -0.15) is 0 Å². The van der Waals surface area contributed by atoms with Crippen LogP contribution in [0.3, 0.4) is 0 Å². The van der Waals surface area contributed by atoms with Crippen molar-refractivity contribution in [2.75, 3.05) is 7.05 Å². The second-order valence-corrected chi connectivity index (χ2v) is 8.94. The molecule has 2 amide bonds. The third kappa shape index (κ3) is 6.48. The molecule has 0 radical (unpaired) electrons. The predicted octanol–water partition coefficient (Wildman–Crippen LogP) is 2.28. The number of nitrogens with two attached hydrogens (primary N) is 2. The minimum atomic E-state index is -0.681. The van der Waals surface area contributed by atoms with Gasteiger partial charge in [-0.1, -0.05) is 42.5 Å². The number of hydrazine groups is 1. The number of benzene rings is 2. The van der Waals surface area contributed by atoms with Gasteiger partial charge in [0.1, 0.15) is 12.3 Å². The first kappa shape index (κ1) is 26.0. The van der Waals surface area contributed by atoms with Gasteiger partial charge in [-0.3, -0.25) is 9.59 Å². The Morgan fingerprint density at radius 1 is 1.20 bits per heavy atom. The van der Waals surface area contributed by atoms with Crippen LogP contribution in [-0.4, -0.2) is 47.1 Å². The lowest BCUT2D eigenvalue weighted by atomic mass is 9.99. The van der Waals surface area contributed by atoms with E-state index in [9.17, 15) is 14.4 Å². The molecule has 0 fully saturated rings. The van der Waals surface area contributed by atoms with Gasteiger partial charge in [0.15, 0.2) is 0 Å². The molecule has 2 atom stereocenters. The molecule has 1 aliphatic heterocycles. The van der Waals surface area contributed by atoms with Gasteiger partial charge in [0.2, 0.25) is 5.91 Å². The molecule has 0 aliphatic carbocycles. The number of likely N-dealkylation sites (N-methyl/N-ethyl adjacent to an activating group) is 1. The zero-order valence-corrected chi connectivity index (χ0v) is 20.4. The third-order valence-electron chi connectivity index (χ3n) is 6.46. The topological polar surface area (TPSA) is 122 Å². The monoisotopic (exact) mass is 477 g/mol. The van der Waals surface area contributed by atoms with Gasteiger partial charge >= 0.3 is 0 Å². The number of allylic oxidation sites excluding steroid dienone is 1. The smallest absolute Gasteiger partial charge is 0.255 e. The number of hydrogen-bond acceptors (Lipinski definition) is 6. The molecule has 0 bridgehead atoms. The molecule has 1 aliphatic rings. The van der Waals surface area contributed by atoms with Gasteiger partial charge in [0.25, 0.3) is 5.91 Å². The van der Waals surface area contributed by atoms with Gasteiger partial charge < -0.3 is 25.8 Å². The summed E-state index contributed by atoms with van der Waals surface area (Å²) in [4.78, 5) is 37.9. The van der Waals surface area contributed by atoms with Crippen LogP contribution in [0.2, 0.25) is 0 Å². The van der Waals surface area contributed by atoms with Crippen molar-refractivity contribution in [2.24, 2.45) is 11.6 Å². The number of aldehydes is 1. The van der Waals surface area contributed by atoms with Crippen LogP contribution < -0.4 is 16.9 Å². The van der Waals surface area contributed by atoms with E-state index in [-0.39, 0.29) is 24.3 Å². The molecule has 35 heavy (non-hydrogen) atoms. The van der Waals surface area contributed by atoms with Crippen molar-refractivity contribution in [3.8, 4) is 0 Å². The van der Waals surface area contributed by atoms with Crippen molar-refractivity contribution < 1.29 is 14.4 Å². The first-order valence-corrected chi connectivity index (χ1v) is 12.0. The Labute approximate surface area is 206 Å². The number of aryl methyl sites for hydroxylation is 1. The molecule has 2 aromatic carbocycles. The summed E-state index contributed by atoms with van der Waals surface area (Å²) in [6.45, 7) is 2.39. The Morgan fingerprint density at radius 3 is 2.63 bits per heavy atom. The number of amides is 2. The maximum Gasteiger partial charge on any atom is 0.255 e. The number of hydrogen-bond donors (Lipinski definition) is 3. The SMILES string of the molecule is CNC(=O)C(CCC=O)N1Cc2c(CC/C(N)=C/N(N)[C@@H](C)Cc3ccccc3)cccc2C1=O. The van der Waals surface area contributed by atoms with Crippen molar-refractivity contribution in [1.82, 2.24) is 15.2 Å². The van der Waals surface area contributed by atoms with Crippen LogP contribution in [0.15, 0.2) is 60.4 Å². The minimum absolute atomic E-state index is 0.0797. The molecule has 0 aromatic heterocycles. The van der Waals surface area contributed by atoms with E-state index in [1.807, 2.05) is 30.3 Å². The van der Waals surface area contributed by atoms with Crippen molar-refractivity contribution in [2.45, 2.75) is 57.7 Å². The quantitative estimate of drug-likeness (QED) is 0.245. The second kappa shape index (κ2) is 12.2. The number of carbonyl (C=O) groups is 3. The summed E-state index contributed by atoms with van der Waals surface area (Å²) >= 11 is 0. The summed E-state index contributed by atoms with van der Waals surface area (Å²) in [6, 6.07) is 15.2. The van der Waals surface area contributed by atoms with Gasteiger partial charge in [0, 0.05) is 43.5 Å². The van der Waals surface area contributed by atoms with Crippen molar-refractivity contribution in [3.05, 3.63) is 82.7 Å². The summed E-state index contributed by atoms with van der Waals surface area (Å²) in [5.74, 6) is 5.78. The van der Waals surface area contributed by atoms with Crippen LogP contribution in [-0.2, 0) is 29.0 Å². The molecular weight excluding hydrogens is 442 g/mol. The Bertz CT molecular complexity index is 1070. The predicted molar refractivity (Wildman–Crippen MR) is 136 cm³/mol. The summed E-state index contributed by atoms with van der Waals surface area (Å²) in [6.07, 6.45) is 5.09. The minimum Gasteiger partial charge on any atom is -0.401 e. The van der Waals surface area contributed by atoms with Crippen LogP contribution >= 0.6 is 0 Å². The number of nitrogens with one attached hydrogen (secondary N) is 1. The highest BCUT2D eigenvalue weighted by molar-refractivity contribution is 6.01. The molecule has 8 nitrogen and oxygen atoms in total. The Kier molecular flexibility index (Phi) is 9.03. The highest BCUT2D eigenvalue weighted by Crippen LogP contribution is 2.30. The molecule has 5 N–H and O–H groups in total. The lowest BCUT2D eigenvalue weighted by molar-refractivity contribution is -0.125. The standard InChI is InChI=1S/C27H35N5O3/c1-19(16-20-8-4-3-5-9-20)32(29)17-22(28)14-13-21-10-6-11-23-24(21)18-31(27(23)35)25(12-7-15-33)26(34)30-2/h3-6,8-11,15,17,19,25H,7,12-14,16,18,28-29H2,1-2H3,(H,30,34)/b22-17-/t19-,25?/m0/s1. The molecule has 0 spiro atoms. The van der Waals surface area contributed by atoms with Crippen molar-refractivity contribution in [1.29, 1.82) is 0 Å². The molecular formula is C27H35N5O3. The Hall–Kier alpha value is -3.65. The zero-order valence-electron chi connectivity index (χ0n) is 20.4. The molecule has 2 aromatic rings. The normalized spacial score (nSPS) is 14.9. The lowest BCUT2D eigenvalue weighted by Gasteiger charge is -2.26. The van der Waals surface area contributed by atoms with E-state index in [0.29, 0.717) is 37.1 Å². The summed E-state index contributed by atoms with van der Waals surface area (Å²) < 4.78 is 0. The van der Waals surface area contributed by atoms with E-state index in [1.54, 1.807) is 22.2 Å². The van der Waals surface area contributed by atoms with Gasteiger partial charge in [0.05, 0.1) is 0 Å². The first-order chi connectivity index (χ1) is 16.8. The average molecular weight is 478 g/mol. The van der Waals surface area contributed by atoms with Gasteiger partial charge in [-0.05, 0) is 55.4 Å². The fourth-order valence-electron chi connectivity index (χ4n) is 4.45. The number of nitrogens with zero attached hydrogens (tertiary/aromatic N) is 2. The van der Waals surface area contributed by atoms with Crippen LogP contribution in [0.1, 0.15) is 53.2 Å². The van der Waals surface area contributed by atoms with E-state index in [0.717, 1.165) is 23.8 Å². The number of rotatable bonds is 12. The molecule has 1 heterocycles. The van der Waals surface area contributed by atoms with Gasteiger partial charge in [-0.15, -0.1) is 0 Å². The van der Waals surface area contributed by atoms with E-state index in [1.165, 1.54) is 12.6 Å². The highest BCUT2D eigenvalue weighted by Gasteiger charge is 2.36. The summed E-state index contributed by atoms with van der Waals surface area (Å²) in [7, 11) is 1.53. The lowest BCUT2D eigenvalue weighted by Crippen LogP contribution is -2.46. The molecule has 3 rings (SSSR count). The molecule has 1 unspecified atom stereocenters. The van der Waals surface area contributed by atoms with E-state index in [2.05, 4.69) is 24.4 Å². The number of fused-ring (bicyclic) bond motifs is 1. The van der Waals surface area contributed by atoms with E-state index in [4.69, 9.17) is 11.6 Å². The first-order valence-electron chi connectivity index (χ1n) is 12.0. The van der Waals surface area contributed by atoms with Crippen LogP contribution in [0.25, 0.3) is 0 Å². The van der Waals surface area contributed by atoms with Crippen molar-refractivity contribution >= 4 is 18.1 Å². The Morgan fingerprint density at radius 2 is 1.94 bits per heavy atom. The highest BCUT2D eigenvalue weighted by atomic mass is 16.2. The third-order valence-corrected chi connectivity index (χ3v) is 6.46. The fourth-order valence-corrected chi connectivity index (χ4v) is 4.45. The van der Waals surface area contributed by atoms with Crippen molar-refractivity contribution in [3.63, 3.8) is 0 Å². The Balaban J connectivity index is 1.66. The van der Waals surface area contributed by atoms with Crippen LogP contribution in [0.5, 0.6) is 0 Å². The summed E-state index contributed by atoms with van der Waals surface area (Å²) in [5, 5.41) is 4.25. The maximum absolute atomic E-state index is 13.1. The number of carbonyl (C=O) groups excluding carboxylic acids is 3. The summed E-state index contributed by atoms with van der Waals surface area (Å²) in [5.41, 5.74) is 10.7. The average Bonchev–Trinajstić information content (AvgIpc) is 3.20. The second-order valence-electron chi connectivity index (χ2n) is 8.94. The maximum atomic E-state index is 13.1. The van der Waals surface area contributed by atoms with Crippen LogP contribution in [0.4, 0.5) is 0 Å². The largest absolute Gasteiger partial charge is 0.401 e. The molecule has 186 valence electrons. The fraction of sp³-hybridized carbons (Fsp3) is 0.370. The van der Waals surface area contributed by atoms with Crippen LogP contribution in [0, 0.1) is 0 Å².